The van der Waals surface area contributed by atoms with Crippen LogP contribution < -0.4 is 10.6 Å². The lowest BCUT2D eigenvalue weighted by Crippen LogP contribution is -2.62. The number of piperazine rings is 2. The van der Waals surface area contributed by atoms with E-state index < -0.39 is 29.4 Å². The number of rotatable bonds is 14. The Hall–Kier alpha value is -5.88. The number of nitrogens with zero attached hydrogens (tertiary/aromatic N) is 10. The first-order valence-corrected chi connectivity index (χ1v) is 21.3. The first-order valence-electron chi connectivity index (χ1n) is 21.3. The summed E-state index contributed by atoms with van der Waals surface area (Å²) < 4.78 is 15.2. The predicted molar refractivity (Wildman–Crippen MR) is 232 cm³/mol. The van der Waals surface area contributed by atoms with Gasteiger partial charge in [0, 0.05) is 122 Å². The third kappa shape index (κ3) is 15.5. The van der Waals surface area contributed by atoms with Crippen LogP contribution in [0.15, 0.2) is 86.5 Å². The average Bonchev–Trinajstić information content (AvgIpc) is 3.98. The standard InChI is InChI=1S/C27H40N6O5.C17H24N6O/c1-26(2,3)37-24(35)32-15-16-33(25(36)38-27(4,5)6)22(19-32)23(34)31(18-21-9-7-10-28-17-21)13-8-12-30-14-11-29-20-30;24-17(16-12-19-5-6-21-16)23(13-15-3-1-4-18-11-15)9-2-8-22-10-7-20-14-22/h7,9-11,14,17,20,22H,8,12-13,15-16,18-19H2,1-6H3;1,3-4,7,10-11,14,16,19,21H,2,5-6,8-9,12-13H2/t22-;16-/m11/s1. The van der Waals surface area contributed by atoms with Gasteiger partial charge < -0.3 is 43.9 Å². The number of hydrogen-bond donors (Lipinski definition) is 2. The van der Waals surface area contributed by atoms with Gasteiger partial charge in [0.15, 0.2) is 0 Å². The van der Waals surface area contributed by atoms with Gasteiger partial charge >= 0.3 is 12.2 Å². The predicted octanol–water partition coefficient (Wildman–Crippen LogP) is 3.81. The van der Waals surface area contributed by atoms with E-state index in [0.29, 0.717) is 45.7 Å². The van der Waals surface area contributed by atoms with Crippen LogP contribution in [-0.2, 0) is 45.2 Å². The summed E-state index contributed by atoms with van der Waals surface area (Å²) in [7, 11) is 0. The Morgan fingerprint density at radius 3 is 1.73 bits per heavy atom. The third-order valence-electron chi connectivity index (χ3n) is 9.91. The number of imidazole rings is 2. The summed E-state index contributed by atoms with van der Waals surface area (Å²) in [6.07, 6.45) is 18.3. The molecule has 0 spiro atoms. The molecule has 2 aliphatic heterocycles. The summed E-state index contributed by atoms with van der Waals surface area (Å²) >= 11 is 0. The molecule has 2 saturated heterocycles. The second-order valence-corrected chi connectivity index (χ2v) is 17.4. The zero-order valence-corrected chi connectivity index (χ0v) is 37.1. The maximum absolute atomic E-state index is 14.1. The minimum atomic E-state index is -0.920. The molecule has 2 N–H and O–H groups in total. The Morgan fingerprint density at radius 1 is 0.710 bits per heavy atom. The number of hydrogen-bond acceptors (Lipinski definition) is 12. The molecule has 0 bridgehead atoms. The van der Waals surface area contributed by atoms with Crippen LogP contribution in [0.2, 0.25) is 0 Å². The van der Waals surface area contributed by atoms with Crippen LogP contribution in [0.5, 0.6) is 0 Å². The van der Waals surface area contributed by atoms with E-state index in [0.717, 1.165) is 37.2 Å². The molecule has 18 nitrogen and oxygen atoms in total. The third-order valence-corrected chi connectivity index (χ3v) is 9.91. The minimum Gasteiger partial charge on any atom is -0.444 e. The highest BCUT2D eigenvalue weighted by atomic mass is 16.6. The van der Waals surface area contributed by atoms with E-state index in [9.17, 15) is 19.2 Å². The van der Waals surface area contributed by atoms with E-state index in [1.54, 1.807) is 90.1 Å². The molecule has 336 valence electrons. The maximum Gasteiger partial charge on any atom is 0.411 e. The number of ether oxygens (including phenoxy) is 2. The van der Waals surface area contributed by atoms with Crippen LogP contribution in [-0.4, -0.2) is 148 Å². The molecule has 2 fully saturated rings. The highest BCUT2D eigenvalue weighted by Gasteiger charge is 2.41. The molecule has 0 saturated carbocycles. The smallest absolute Gasteiger partial charge is 0.411 e. The van der Waals surface area contributed by atoms with Crippen molar-refractivity contribution in [3.63, 3.8) is 0 Å². The minimum absolute atomic E-state index is 0.0120. The van der Waals surface area contributed by atoms with Gasteiger partial charge in [0.05, 0.1) is 25.2 Å². The number of aromatic nitrogens is 6. The zero-order valence-electron chi connectivity index (χ0n) is 37.1. The van der Waals surface area contributed by atoms with Crippen molar-refractivity contribution >= 4 is 24.0 Å². The summed E-state index contributed by atoms with van der Waals surface area (Å²) in [4.78, 5) is 76.0. The van der Waals surface area contributed by atoms with Gasteiger partial charge in [-0.3, -0.25) is 24.5 Å². The summed E-state index contributed by atoms with van der Waals surface area (Å²) in [5, 5.41) is 6.58. The monoisotopic (exact) mass is 857 g/mol. The van der Waals surface area contributed by atoms with Crippen molar-refractivity contribution in [2.45, 2.75) is 104 Å². The molecular weight excluding hydrogens is 793 g/mol. The van der Waals surface area contributed by atoms with Crippen LogP contribution in [0.3, 0.4) is 0 Å². The van der Waals surface area contributed by atoms with Crippen LogP contribution >= 0.6 is 0 Å². The number of carbonyl (C=O) groups is 4. The Morgan fingerprint density at radius 2 is 1.26 bits per heavy atom. The number of aryl methyl sites for hydroxylation is 2. The molecule has 4 aromatic rings. The van der Waals surface area contributed by atoms with Crippen LogP contribution in [0.25, 0.3) is 0 Å². The van der Waals surface area contributed by atoms with Crippen molar-refractivity contribution in [3.05, 3.63) is 97.6 Å². The fraction of sp³-hybridized carbons (Fsp3) is 0.545. The van der Waals surface area contributed by atoms with E-state index in [4.69, 9.17) is 9.47 Å². The van der Waals surface area contributed by atoms with Crippen LogP contribution in [0.4, 0.5) is 9.59 Å². The SMILES string of the molecule is CC(C)(C)OC(=O)N1CCN(C(=O)OC(C)(C)C)[C@@H](C(=O)N(CCCn2ccnc2)Cc2cccnc2)C1.O=C([C@H]1CNCCN1)N(CCCn1ccnc1)Cc1cccnc1. The Bertz CT molecular complexity index is 1950. The molecule has 0 aromatic carbocycles. The van der Waals surface area contributed by atoms with Gasteiger partial charge in [0.1, 0.15) is 17.2 Å². The summed E-state index contributed by atoms with van der Waals surface area (Å²) in [6.45, 7) is 17.1. The lowest BCUT2D eigenvalue weighted by atomic mass is 10.1. The topological polar surface area (TPSA) is 185 Å². The van der Waals surface area contributed by atoms with Gasteiger partial charge in [-0.1, -0.05) is 12.1 Å². The lowest BCUT2D eigenvalue weighted by Gasteiger charge is -2.42. The molecule has 2 aliphatic rings. The average molecular weight is 857 g/mol. The van der Waals surface area contributed by atoms with E-state index in [1.165, 1.54) is 9.80 Å². The Labute approximate surface area is 365 Å². The van der Waals surface area contributed by atoms with Crippen molar-refractivity contribution in [2.75, 3.05) is 52.4 Å². The van der Waals surface area contributed by atoms with Gasteiger partial charge in [-0.15, -0.1) is 0 Å². The van der Waals surface area contributed by atoms with E-state index in [2.05, 4.69) is 30.6 Å². The fourth-order valence-corrected chi connectivity index (χ4v) is 6.97. The largest absolute Gasteiger partial charge is 0.444 e. The highest BCUT2D eigenvalue weighted by molar-refractivity contribution is 5.87. The van der Waals surface area contributed by atoms with Crippen molar-refractivity contribution in [2.24, 2.45) is 0 Å². The maximum atomic E-state index is 14.1. The van der Waals surface area contributed by atoms with E-state index in [1.807, 2.05) is 56.9 Å². The molecule has 6 heterocycles. The molecular formula is C44H64N12O6. The molecule has 62 heavy (non-hydrogen) atoms. The molecule has 6 rings (SSSR count). The summed E-state index contributed by atoms with van der Waals surface area (Å²) in [6, 6.07) is 6.57. The number of nitrogens with one attached hydrogen (secondary N) is 2. The molecule has 4 amide bonds. The van der Waals surface area contributed by atoms with Crippen LogP contribution in [0, 0.1) is 0 Å². The van der Waals surface area contributed by atoms with E-state index >= 15 is 0 Å². The number of amides is 4. The van der Waals surface area contributed by atoms with Gasteiger partial charge in [-0.2, -0.15) is 0 Å². The van der Waals surface area contributed by atoms with Gasteiger partial charge in [-0.05, 0) is 77.6 Å². The molecule has 4 aromatic heterocycles. The molecule has 0 aliphatic carbocycles. The first-order chi connectivity index (χ1) is 29.6. The van der Waals surface area contributed by atoms with Crippen molar-refractivity contribution in [1.29, 1.82) is 0 Å². The fourth-order valence-electron chi connectivity index (χ4n) is 6.97. The van der Waals surface area contributed by atoms with Gasteiger partial charge in [0.25, 0.3) is 0 Å². The molecule has 0 unspecified atom stereocenters. The quantitative estimate of drug-likeness (QED) is 0.187. The van der Waals surface area contributed by atoms with E-state index in [-0.39, 0.29) is 37.5 Å². The van der Waals surface area contributed by atoms with Crippen molar-refractivity contribution in [3.8, 4) is 0 Å². The Kier molecular flexibility index (Phi) is 17.4. The summed E-state index contributed by atoms with van der Waals surface area (Å²) in [5.41, 5.74) is 0.510. The van der Waals surface area contributed by atoms with Crippen molar-refractivity contribution < 1.29 is 28.7 Å². The van der Waals surface area contributed by atoms with Gasteiger partial charge in [-0.25, -0.2) is 19.6 Å². The second kappa shape index (κ2) is 22.8. The molecule has 0 radical (unpaired) electrons. The zero-order chi connectivity index (χ0) is 44.5. The lowest BCUT2D eigenvalue weighted by molar-refractivity contribution is -0.140. The van der Waals surface area contributed by atoms with Gasteiger partial charge in [0.2, 0.25) is 11.8 Å². The highest BCUT2D eigenvalue weighted by Crippen LogP contribution is 2.21. The summed E-state index contributed by atoms with van der Waals surface area (Å²) in [5.74, 6) is -0.115. The molecule has 2 atom stereocenters. The number of pyridine rings is 2. The molecule has 18 heteroatoms. The Balaban J connectivity index is 0.000000259. The second-order valence-electron chi connectivity index (χ2n) is 17.4. The first kappa shape index (κ1) is 47.2. The van der Waals surface area contributed by atoms with Crippen molar-refractivity contribution in [1.82, 2.24) is 59.3 Å². The number of carbonyl (C=O) groups excluding carboxylic acids is 4. The van der Waals surface area contributed by atoms with Crippen LogP contribution in [0.1, 0.15) is 65.5 Å². The normalized spacial score (nSPS) is 16.7.